The lowest BCUT2D eigenvalue weighted by Gasteiger charge is -2.02. The summed E-state index contributed by atoms with van der Waals surface area (Å²) in [6, 6.07) is 0.323. The van der Waals surface area contributed by atoms with Crippen molar-refractivity contribution >= 4 is 0 Å². The summed E-state index contributed by atoms with van der Waals surface area (Å²) in [5.74, 6) is 1.53. The van der Waals surface area contributed by atoms with E-state index in [1.54, 1.807) is 6.20 Å². The third-order valence-corrected chi connectivity index (χ3v) is 3.11. The van der Waals surface area contributed by atoms with Gasteiger partial charge < -0.3 is 9.26 Å². The Hall–Kier alpha value is -1.69. The summed E-state index contributed by atoms with van der Waals surface area (Å²) in [7, 11) is 0. The van der Waals surface area contributed by atoms with Crippen LogP contribution in [-0.4, -0.2) is 33.1 Å². The van der Waals surface area contributed by atoms with Crippen LogP contribution in [0.1, 0.15) is 38.1 Å². The first-order chi connectivity index (χ1) is 8.74. The van der Waals surface area contributed by atoms with E-state index in [4.69, 9.17) is 9.26 Å². The second kappa shape index (κ2) is 4.53. The van der Waals surface area contributed by atoms with Gasteiger partial charge in [0.15, 0.2) is 5.82 Å². The number of aromatic nitrogens is 4. The van der Waals surface area contributed by atoms with Gasteiger partial charge in [0, 0.05) is 24.8 Å². The van der Waals surface area contributed by atoms with E-state index in [9.17, 15) is 0 Å². The highest BCUT2D eigenvalue weighted by atomic mass is 16.5. The van der Waals surface area contributed by atoms with Crippen LogP contribution in [0.25, 0.3) is 11.5 Å². The lowest BCUT2D eigenvalue weighted by Crippen LogP contribution is -2.00. The molecule has 0 bridgehead atoms. The van der Waals surface area contributed by atoms with Gasteiger partial charge in [-0.3, -0.25) is 4.68 Å². The van der Waals surface area contributed by atoms with Crippen molar-refractivity contribution in [2.24, 2.45) is 0 Å². The maximum atomic E-state index is 5.32. The van der Waals surface area contributed by atoms with E-state index in [-0.39, 0.29) is 5.92 Å². The van der Waals surface area contributed by atoms with E-state index in [0.29, 0.717) is 18.5 Å². The van der Waals surface area contributed by atoms with E-state index in [0.717, 1.165) is 24.4 Å². The topological polar surface area (TPSA) is 66.0 Å². The van der Waals surface area contributed by atoms with Gasteiger partial charge in [0.25, 0.3) is 5.89 Å². The first-order valence-electron chi connectivity index (χ1n) is 6.20. The van der Waals surface area contributed by atoms with Gasteiger partial charge in [-0.25, -0.2) is 0 Å². The minimum atomic E-state index is 0.266. The lowest BCUT2D eigenvalue weighted by atomic mass is 10.1. The van der Waals surface area contributed by atoms with Gasteiger partial charge in [0.1, 0.15) is 0 Å². The predicted molar refractivity (Wildman–Crippen MR) is 64.1 cm³/mol. The molecule has 0 amide bonds. The average molecular weight is 248 g/mol. The molecule has 1 unspecified atom stereocenters. The summed E-state index contributed by atoms with van der Waals surface area (Å²) in [5, 5.41) is 8.29. The molecule has 18 heavy (non-hydrogen) atoms. The monoisotopic (exact) mass is 248 g/mol. The van der Waals surface area contributed by atoms with Gasteiger partial charge in [-0.1, -0.05) is 5.16 Å². The molecule has 6 heteroatoms. The first kappa shape index (κ1) is 11.4. The Morgan fingerprint density at radius 1 is 1.44 bits per heavy atom. The van der Waals surface area contributed by atoms with Crippen molar-refractivity contribution in [1.82, 2.24) is 19.9 Å². The molecule has 1 atom stereocenters. The molecule has 96 valence electrons. The number of hydrogen-bond acceptors (Lipinski definition) is 5. The normalized spacial score (nSPS) is 19.8. The molecule has 1 fully saturated rings. The fourth-order valence-corrected chi connectivity index (χ4v) is 1.99. The van der Waals surface area contributed by atoms with Gasteiger partial charge >= 0.3 is 0 Å². The highest BCUT2D eigenvalue weighted by Gasteiger charge is 2.23. The third-order valence-electron chi connectivity index (χ3n) is 3.11. The van der Waals surface area contributed by atoms with Crippen molar-refractivity contribution in [3.63, 3.8) is 0 Å². The number of ether oxygens (including phenoxy) is 1. The highest BCUT2D eigenvalue weighted by Crippen LogP contribution is 2.25. The van der Waals surface area contributed by atoms with Crippen LogP contribution < -0.4 is 0 Å². The van der Waals surface area contributed by atoms with Crippen LogP contribution in [0.3, 0.4) is 0 Å². The van der Waals surface area contributed by atoms with Crippen LogP contribution in [0.5, 0.6) is 0 Å². The molecule has 3 rings (SSSR count). The maximum Gasteiger partial charge on any atom is 0.261 e. The molecule has 2 aromatic rings. The van der Waals surface area contributed by atoms with E-state index in [1.165, 1.54) is 0 Å². The van der Waals surface area contributed by atoms with Gasteiger partial charge in [-0.05, 0) is 20.3 Å². The van der Waals surface area contributed by atoms with Crippen LogP contribution in [-0.2, 0) is 4.74 Å². The Balaban J connectivity index is 1.83. The van der Waals surface area contributed by atoms with E-state index in [1.807, 2.05) is 10.9 Å². The molecule has 0 aliphatic carbocycles. The van der Waals surface area contributed by atoms with E-state index < -0.39 is 0 Å². The largest absolute Gasteiger partial charge is 0.381 e. The van der Waals surface area contributed by atoms with Gasteiger partial charge in [-0.2, -0.15) is 10.1 Å². The molecule has 0 aromatic carbocycles. The summed E-state index contributed by atoms with van der Waals surface area (Å²) in [4.78, 5) is 4.42. The molecule has 1 saturated heterocycles. The van der Waals surface area contributed by atoms with Crippen LogP contribution in [0.15, 0.2) is 16.9 Å². The first-order valence-corrected chi connectivity index (χ1v) is 6.20. The minimum Gasteiger partial charge on any atom is -0.381 e. The van der Waals surface area contributed by atoms with Gasteiger partial charge in [0.05, 0.1) is 18.4 Å². The standard InChI is InChI=1S/C12H16N4O2/c1-8(2)16-6-10(5-13-16)12-14-11(15-18-12)9-3-4-17-7-9/h5-6,8-9H,3-4,7H2,1-2H3. The Morgan fingerprint density at radius 3 is 3.00 bits per heavy atom. The van der Waals surface area contributed by atoms with Crippen LogP contribution in [0.2, 0.25) is 0 Å². The quantitative estimate of drug-likeness (QED) is 0.831. The average Bonchev–Trinajstić information content (AvgIpc) is 3.10. The molecule has 0 N–H and O–H groups in total. The Labute approximate surface area is 105 Å². The summed E-state index contributed by atoms with van der Waals surface area (Å²) in [6.07, 6.45) is 4.64. The number of nitrogens with zero attached hydrogens (tertiary/aromatic N) is 4. The zero-order valence-electron chi connectivity index (χ0n) is 10.5. The maximum absolute atomic E-state index is 5.32. The molecule has 0 spiro atoms. The van der Waals surface area contributed by atoms with Crippen molar-refractivity contribution in [2.75, 3.05) is 13.2 Å². The van der Waals surface area contributed by atoms with Crippen molar-refractivity contribution in [2.45, 2.75) is 32.2 Å². The van der Waals surface area contributed by atoms with Crippen LogP contribution >= 0.6 is 0 Å². The summed E-state index contributed by atoms with van der Waals surface area (Å²) in [5.41, 5.74) is 0.862. The molecule has 0 radical (unpaired) electrons. The van der Waals surface area contributed by atoms with Crippen molar-refractivity contribution in [3.8, 4) is 11.5 Å². The lowest BCUT2D eigenvalue weighted by molar-refractivity contribution is 0.192. The Bertz CT molecular complexity index is 526. The zero-order chi connectivity index (χ0) is 12.5. The molecule has 3 heterocycles. The molecule has 0 saturated carbocycles. The summed E-state index contributed by atoms with van der Waals surface area (Å²) >= 11 is 0. The smallest absolute Gasteiger partial charge is 0.261 e. The zero-order valence-corrected chi connectivity index (χ0v) is 10.5. The third kappa shape index (κ3) is 2.03. The van der Waals surface area contributed by atoms with Crippen molar-refractivity contribution < 1.29 is 9.26 Å². The van der Waals surface area contributed by atoms with Crippen molar-refractivity contribution in [3.05, 3.63) is 18.2 Å². The Morgan fingerprint density at radius 2 is 2.33 bits per heavy atom. The second-order valence-corrected chi connectivity index (χ2v) is 4.82. The molecular weight excluding hydrogens is 232 g/mol. The number of hydrogen-bond donors (Lipinski definition) is 0. The highest BCUT2D eigenvalue weighted by molar-refractivity contribution is 5.49. The fraction of sp³-hybridized carbons (Fsp3) is 0.583. The van der Waals surface area contributed by atoms with Crippen LogP contribution in [0, 0.1) is 0 Å². The molecule has 1 aliphatic heterocycles. The fourth-order valence-electron chi connectivity index (χ4n) is 1.99. The van der Waals surface area contributed by atoms with E-state index >= 15 is 0 Å². The SMILES string of the molecule is CC(C)n1cc(-c2nc(C3CCOC3)no2)cn1. The minimum absolute atomic E-state index is 0.266. The van der Waals surface area contributed by atoms with Gasteiger partial charge in [0.2, 0.25) is 0 Å². The van der Waals surface area contributed by atoms with Gasteiger partial charge in [-0.15, -0.1) is 0 Å². The molecular formula is C12H16N4O2. The molecule has 1 aliphatic rings. The van der Waals surface area contributed by atoms with E-state index in [2.05, 4.69) is 29.1 Å². The molecule has 2 aromatic heterocycles. The summed E-state index contributed by atoms with van der Waals surface area (Å²) < 4.78 is 12.5. The van der Waals surface area contributed by atoms with Crippen LogP contribution in [0.4, 0.5) is 0 Å². The second-order valence-electron chi connectivity index (χ2n) is 4.82. The predicted octanol–water partition coefficient (Wildman–Crippen LogP) is 2.02. The summed E-state index contributed by atoms with van der Waals surface area (Å²) in [6.45, 7) is 5.61. The Kier molecular flexibility index (Phi) is 2.87. The molecule has 6 nitrogen and oxygen atoms in total. The van der Waals surface area contributed by atoms with Crippen molar-refractivity contribution in [1.29, 1.82) is 0 Å². The number of rotatable bonds is 3.